The minimum absolute atomic E-state index is 0.139. The lowest BCUT2D eigenvalue weighted by Crippen LogP contribution is -2.28. The number of urea groups is 1. The molecule has 1 atom stereocenters. The highest BCUT2D eigenvalue weighted by Crippen LogP contribution is 2.20. The minimum atomic E-state index is -0.276. The lowest BCUT2D eigenvalue weighted by Gasteiger charge is -2.14. The monoisotopic (exact) mass is 328 g/mol. The van der Waals surface area contributed by atoms with Crippen LogP contribution >= 0.6 is 0 Å². The summed E-state index contributed by atoms with van der Waals surface area (Å²) in [4.78, 5) is 12.1. The van der Waals surface area contributed by atoms with Crippen molar-refractivity contribution in [1.29, 1.82) is 0 Å². The smallest absolute Gasteiger partial charge is 0.319 e. The van der Waals surface area contributed by atoms with Crippen molar-refractivity contribution in [2.45, 2.75) is 32.9 Å². The van der Waals surface area contributed by atoms with Gasteiger partial charge in [-0.15, -0.1) is 0 Å². The van der Waals surface area contributed by atoms with E-state index >= 15 is 0 Å². The van der Waals surface area contributed by atoms with E-state index in [1.807, 2.05) is 55.5 Å². The highest BCUT2D eigenvalue weighted by atomic mass is 16.5. The quantitative estimate of drug-likeness (QED) is 0.801. The number of hydrogen-bond acceptors (Lipinski definition) is 3. The Hall–Kier alpha value is -2.69. The predicted octanol–water partition coefficient (Wildman–Crippen LogP) is 4.19. The van der Waals surface area contributed by atoms with E-state index in [0.717, 1.165) is 23.5 Å². The molecule has 0 saturated heterocycles. The van der Waals surface area contributed by atoms with Gasteiger partial charge in [0.05, 0.1) is 13.2 Å². The Kier molecular flexibility index (Phi) is 6.49. The van der Waals surface area contributed by atoms with Crippen molar-refractivity contribution in [2.24, 2.45) is 0 Å². The lowest BCUT2D eigenvalue weighted by molar-refractivity contribution is 0.217. The van der Waals surface area contributed by atoms with Gasteiger partial charge in [-0.05, 0) is 31.5 Å². The van der Waals surface area contributed by atoms with Gasteiger partial charge < -0.3 is 20.1 Å². The lowest BCUT2D eigenvalue weighted by atomic mass is 10.2. The molecule has 0 radical (unpaired) electrons. The van der Waals surface area contributed by atoms with Gasteiger partial charge in [0.2, 0.25) is 0 Å². The van der Waals surface area contributed by atoms with Gasteiger partial charge >= 0.3 is 6.03 Å². The van der Waals surface area contributed by atoms with Crippen LogP contribution in [0.2, 0.25) is 0 Å². The van der Waals surface area contributed by atoms with Gasteiger partial charge in [-0.1, -0.05) is 31.2 Å². The molecule has 0 aliphatic rings. The summed E-state index contributed by atoms with van der Waals surface area (Å²) in [5, 5.41) is 5.63. The van der Waals surface area contributed by atoms with Gasteiger partial charge in [-0.25, -0.2) is 4.79 Å². The zero-order valence-electron chi connectivity index (χ0n) is 14.3. The second-order valence-electron chi connectivity index (χ2n) is 5.48. The van der Waals surface area contributed by atoms with Gasteiger partial charge in [0.15, 0.2) is 0 Å². The fourth-order valence-electron chi connectivity index (χ4n) is 2.16. The summed E-state index contributed by atoms with van der Waals surface area (Å²) in [6, 6.07) is 14.7. The van der Waals surface area contributed by atoms with Crippen LogP contribution in [-0.4, -0.2) is 19.2 Å². The predicted molar refractivity (Wildman–Crippen MR) is 95.7 cm³/mol. The molecular formula is C19H24N2O3. The molecule has 2 aromatic rings. The summed E-state index contributed by atoms with van der Waals surface area (Å²) in [6.45, 7) is 4.47. The number of carbonyl (C=O) groups excluding carboxylic acids is 1. The zero-order chi connectivity index (χ0) is 17.4. The molecule has 0 aromatic heterocycles. The molecule has 0 heterocycles. The number of rotatable bonds is 7. The van der Waals surface area contributed by atoms with Crippen LogP contribution in [0.3, 0.4) is 0 Å². The van der Waals surface area contributed by atoms with Crippen LogP contribution in [0.15, 0.2) is 48.5 Å². The van der Waals surface area contributed by atoms with Crippen LogP contribution < -0.4 is 20.1 Å². The SMILES string of the molecule is CCC(C)Oc1cccc(NC(=O)NCc2ccccc2OC)c1. The molecule has 0 saturated carbocycles. The molecule has 0 aliphatic carbocycles. The molecule has 0 spiro atoms. The number of amides is 2. The second kappa shape index (κ2) is 8.82. The van der Waals surface area contributed by atoms with Crippen LogP contribution in [0, 0.1) is 0 Å². The van der Waals surface area contributed by atoms with Crippen LogP contribution in [0.5, 0.6) is 11.5 Å². The van der Waals surface area contributed by atoms with Crippen molar-refractivity contribution < 1.29 is 14.3 Å². The average Bonchev–Trinajstić information content (AvgIpc) is 2.60. The van der Waals surface area contributed by atoms with Crippen molar-refractivity contribution in [3.63, 3.8) is 0 Å². The van der Waals surface area contributed by atoms with Gasteiger partial charge in [0.25, 0.3) is 0 Å². The van der Waals surface area contributed by atoms with E-state index in [9.17, 15) is 4.79 Å². The Morgan fingerprint density at radius 2 is 1.96 bits per heavy atom. The number of anilines is 1. The molecule has 128 valence electrons. The van der Waals surface area contributed by atoms with E-state index in [0.29, 0.717) is 12.2 Å². The number of para-hydroxylation sites is 1. The summed E-state index contributed by atoms with van der Waals surface area (Å²) in [7, 11) is 1.61. The summed E-state index contributed by atoms with van der Waals surface area (Å²) < 4.78 is 11.0. The van der Waals surface area contributed by atoms with Gasteiger partial charge in [-0.2, -0.15) is 0 Å². The number of ether oxygens (including phenoxy) is 2. The Bertz CT molecular complexity index is 673. The van der Waals surface area contributed by atoms with Crippen molar-refractivity contribution >= 4 is 11.7 Å². The topological polar surface area (TPSA) is 59.6 Å². The first-order chi connectivity index (χ1) is 11.6. The first-order valence-electron chi connectivity index (χ1n) is 8.05. The maximum atomic E-state index is 12.1. The molecule has 0 bridgehead atoms. The Balaban J connectivity index is 1.91. The molecule has 5 nitrogen and oxygen atoms in total. The third-order valence-electron chi connectivity index (χ3n) is 3.64. The average molecular weight is 328 g/mol. The fourth-order valence-corrected chi connectivity index (χ4v) is 2.16. The van der Waals surface area contributed by atoms with Crippen molar-refractivity contribution in [3.8, 4) is 11.5 Å². The first kappa shape index (κ1) is 17.7. The van der Waals surface area contributed by atoms with E-state index in [-0.39, 0.29) is 12.1 Å². The summed E-state index contributed by atoms with van der Waals surface area (Å²) in [6.07, 6.45) is 1.07. The van der Waals surface area contributed by atoms with E-state index in [1.54, 1.807) is 7.11 Å². The summed E-state index contributed by atoms with van der Waals surface area (Å²) in [5.41, 5.74) is 1.61. The van der Waals surface area contributed by atoms with E-state index in [1.165, 1.54) is 0 Å². The standard InChI is InChI=1S/C19H24N2O3/c1-4-14(2)24-17-10-7-9-16(12-17)21-19(22)20-13-15-8-5-6-11-18(15)23-3/h5-12,14H,4,13H2,1-3H3,(H2,20,21,22). The molecule has 2 amide bonds. The van der Waals surface area contributed by atoms with E-state index in [2.05, 4.69) is 17.6 Å². The first-order valence-corrected chi connectivity index (χ1v) is 8.05. The van der Waals surface area contributed by atoms with Gasteiger partial charge in [0.1, 0.15) is 11.5 Å². The Morgan fingerprint density at radius 1 is 1.17 bits per heavy atom. The molecule has 24 heavy (non-hydrogen) atoms. The van der Waals surface area contributed by atoms with Crippen molar-refractivity contribution in [3.05, 3.63) is 54.1 Å². The highest BCUT2D eigenvalue weighted by Gasteiger charge is 2.07. The van der Waals surface area contributed by atoms with Crippen LogP contribution in [0.25, 0.3) is 0 Å². The second-order valence-corrected chi connectivity index (χ2v) is 5.48. The molecule has 2 N–H and O–H groups in total. The molecule has 0 aliphatic heterocycles. The van der Waals surface area contributed by atoms with Crippen LogP contribution in [0.4, 0.5) is 10.5 Å². The van der Waals surface area contributed by atoms with Crippen molar-refractivity contribution in [1.82, 2.24) is 5.32 Å². The molecule has 0 fully saturated rings. The Labute approximate surface area is 143 Å². The number of nitrogens with one attached hydrogen (secondary N) is 2. The molecular weight excluding hydrogens is 304 g/mol. The number of carbonyl (C=O) groups is 1. The number of benzene rings is 2. The minimum Gasteiger partial charge on any atom is -0.496 e. The normalized spacial score (nSPS) is 11.5. The number of hydrogen-bond donors (Lipinski definition) is 2. The van der Waals surface area contributed by atoms with Gasteiger partial charge in [-0.3, -0.25) is 0 Å². The van der Waals surface area contributed by atoms with Gasteiger partial charge in [0, 0.05) is 23.9 Å². The molecule has 2 rings (SSSR count). The van der Waals surface area contributed by atoms with E-state index in [4.69, 9.17) is 9.47 Å². The third-order valence-corrected chi connectivity index (χ3v) is 3.64. The largest absolute Gasteiger partial charge is 0.496 e. The Morgan fingerprint density at radius 3 is 2.71 bits per heavy atom. The van der Waals surface area contributed by atoms with Crippen LogP contribution in [0.1, 0.15) is 25.8 Å². The third kappa shape index (κ3) is 5.19. The molecule has 5 heteroatoms. The fraction of sp³-hybridized carbons (Fsp3) is 0.316. The summed E-state index contributed by atoms with van der Waals surface area (Å²) >= 11 is 0. The summed E-state index contributed by atoms with van der Waals surface area (Å²) in [5.74, 6) is 1.49. The highest BCUT2D eigenvalue weighted by molar-refractivity contribution is 5.89. The van der Waals surface area contributed by atoms with E-state index < -0.39 is 0 Å². The zero-order valence-corrected chi connectivity index (χ0v) is 14.3. The van der Waals surface area contributed by atoms with Crippen LogP contribution in [-0.2, 0) is 6.54 Å². The molecule has 2 aromatic carbocycles. The molecule has 1 unspecified atom stereocenters. The van der Waals surface area contributed by atoms with Crippen molar-refractivity contribution in [2.75, 3.05) is 12.4 Å². The maximum absolute atomic E-state index is 12.1. The number of methoxy groups -OCH3 is 1. The maximum Gasteiger partial charge on any atom is 0.319 e.